The molecule has 0 radical (unpaired) electrons. The van der Waals surface area contributed by atoms with E-state index in [1.165, 1.54) is 10.6 Å². The molecule has 0 spiro atoms. The molecule has 2 nitrogen and oxygen atoms in total. The quantitative estimate of drug-likeness (QED) is 0.797. The van der Waals surface area contributed by atoms with E-state index < -0.39 is 17.8 Å². The molecule has 92 valence electrons. The minimum absolute atomic E-state index is 0.0295. The second-order valence-corrected chi connectivity index (χ2v) is 4.07. The van der Waals surface area contributed by atoms with Gasteiger partial charge in [-0.15, -0.1) is 0 Å². The van der Waals surface area contributed by atoms with Gasteiger partial charge in [-0.3, -0.25) is 0 Å². The molecule has 0 saturated carbocycles. The lowest BCUT2D eigenvalue weighted by molar-refractivity contribution is 0.146. The van der Waals surface area contributed by atoms with Crippen molar-refractivity contribution in [2.24, 2.45) is 0 Å². The van der Waals surface area contributed by atoms with Crippen molar-refractivity contribution in [1.82, 2.24) is 9.38 Å². The molecule has 0 bridgehead atoms. The first-order chi connectivity index (χ1) is 8.06. The number of fused-ring (bicyclic) bond motifs is 1. The number of aromatic nitrogens is 2. The third-order valence-corrected chi connectivity index (χ3v) is 3.03. The molecule has 0 aliphatic carbocycles. The predicted octanol–water partition coefficient (Wildman–Crippen LogP) is 3.92. The van der Waals surface area contributed by atoms with Crippen molar-refractivity contribution in [2.75, 3.05) is 0 Å². The molecule has 5 heteroatoms. The Morgan fingerprint density at radius 2 is 2.12 bits per heavy atom. The first kappa shape index (κ1) is 12.0. The molecule has 1 atom stereocenters. The van der Waals surface area contributed by atoms with Crippen LogP contribution >= 0.6 is 0 Å². The summed E-state index contributed by atoms with van der Waals surface area (Å²) in [6, 6.07) is 1.11. The molecule has 2 aromatic rings. The average Bonchev–Trinajstić information content (AvgIpc) is 2.72. The van der Waals surface area contributed by atoms with Gasteiger partial charge in [0.1, 0.15) is 0 Å². The van der Waals surface area contributed by atoms with E-state index in [0.29, 0.717) is 0 Å². The summed E-state index contributed by atoms with van der Waals surface area (Å²) in [6.45, 7) is 4.00. The second kappa shape index (κ2) is 4.39. The summed E-state index contributed by atoms with van der Waals surface area (Å²) in [5.74, 6) is -0.723. The molecule has 0 amide bonds. The first-order valence-electron chi connectivity index (χ1n) is 5.49. The van der Waals surface area contributed by atoms with Crippen molar-refractivity contribution in [3.8, 4) is 0 Å². The molecule has 0 aliphatic heterocycles. The van der Waals surface area contributed by atoms with Crippen LogP contribution in [-0.2, 0) is 0 Å². The Labute approximate surface area is 97.1 Å². The molecule has 17 heavy (non-hydrogen) atoms. The number of hydrogen-bond acceptors (Lipinski definition) is 1. The SMILES string of the molecule is CCC(C)c1cnc2c(F)c(C(F)F)ccn12. The third-order valence-electron chi connectivity index (χ3n) is 3.03. The Morgan fingerprint density at radius 1 is 1.41 bits per heavy atom. The van der Waals surface area contributed by atoms with Crippen molar-refractivity contribution in [3.63, 3.8) is 0 Å². The van der Waals surface area contributed by atoms with Gasteiger partial charge < -0.3 is 4.40 Å². The van der Waals surface area contributed by atoms with Gasteiger partial charge in [-0.2, -0.15) is 0 Å². The molecule has 0 N–H and O–H groups in total. The zero-order valence-electron chi connectivity index (χ0n) is 9.62. The molecular formula is C12H13F3N2. The van der Waals surface area contributed by atoms with Gasteiger partial charge in [-0.25, -0.2) is 18.2 Å². The van der Waals surface area contributed by atoms with Gasteiger partial charge in [0.25, 0.3) is 6.43 Å². The minimum atomic E-state index is -2.82. The van der Waals surface area contributed by atoms with Crippen LogP contribution in [-0.4, -0.2) is 9.38 Å². The highest BCUT2D eigenvalue weighted by molar-refractivity contribution is 5.46. The summed E-state index contributed by atoms with van der Waals surface area (Å²) in [7, 11) is 0. The van der Waals surface area contributed by atoms with E-state index in [1.807, 2.05) is 13.8 Å². The van der Waals surface area contributed by atoms with Crippen LogP contribution in [0.15, 0.2) is 18.5 Å². The van der Waals surface area contributed by atoms with E-state index >= 15 is 0 Å². The van der Waals surface area contributed by atoms with Gasteiger partial charge >= 0.3 is 0 Å². The molecule has 0 fully saturated rings. The Balaban J connectivity index is 2.62. The van der Waals surface area contributed by atoms with Gasteiger partial charge in [0, 0.05) is 18.1 Å². The molecule has 0 saturated heterocycles. The lowest BCUT2D eigenvalue weighted by atomic mass is 10.1. The van der Waals surface area contributed by atoms with Gasteiger partial charge in [0.05, 0.1) is 5.56 Å². The van der Waals surface area contributed by atoms with Crippen molar-refractivity contribution in [2.45, 2.75) is 32.6 Å². The fraction of sp³-hybridized carbons (Fsp3) is 0.417. The fourth-order valence-electron chi connectivity index (χ4n) is 1.79. The maximum absolute atomic E-state index is 13.7. The number of pyridine rings is 1. The van der Waals surface area contributed by atoms with Gasteiger partial charge in [-0.05, 0) is 18.4 Å². The Hall–Kier alpha value is -1.52. The van der Waals surface area contributed by atoms with Crippen LogP contribution in [0.5, 0.6) is 0 Å². The summed E-state index contributed by atoms with van der Waals surface area (Å²) in [4.78, 5) is 3.88. The standard InChI is InChI=1S/C12H13F3N2/c1-3-7(2)9-6-16-12-10(13)8(11(14)15)4-5-17(9)12/h4-7,11H,3H2,1-2H3. The summed E-state index contributed by atoms with van der Waals surface area (Å²) in [5, 5.41) is 0. The smallest absolute Gasteiger partial charge is 0.266 e. The summed E-state index contributed by atoms with van der Waals surface area (Å²) < 4.78 is 40.3. The number of halogens is 3. The van der Waals surface area contributed by atoms with Crippen molar-refractivity contribution in [3.05, 3.63) is 35.5 Å². The van der Waals surface area contributed by atoms with Crippen LogP contribution in [0.4, 0.5) is 13.2 Å². The van der Waals surface area contributed by atoms with E-state index in [-0.39, 0.29) is 11.6 Å². The molecule has 2 rings (SSSR count). The zero-order chi connectivity index (χ0) is 12.6. The van der Waals surface area contributed by atoms with Crippen LogP contribution in [0.25, 0.3) is 5.65 Å². The largest absolute Gasteiger partial charge is 0.301 e. The van der Waals surface area contributed by atoms with E-state index in [0.717, 1.165) is 18.2 Å². The summed E-state index contributed by atoms with van der Waals surface area (Å²) in [6.07, 6.45) is 1.06. The number of hydrogen-bond donors (Lipinski definition) is 0. The summed E-state index contributed by atoms with van der Waals surface area (Å²) in [5.41, 5.74) is 0.208. The van der Waals surface area contributed by atoms with E-state index in [4.69, 9.17) is 0 Å². The zero-order valence-corrected chi connectivity index (χ0v) is 9.62. The Kier molecular flexibility index (Phi) is 3.09. The predicted molar refractivity (Wildman–Crippen MR) is 58.8 cm³/mol. The number of alkyl halides is 2. The molecular weight excluding hydrogens is 229 g/mol. The van der Waals surface area contributed by atoms with Gasteiger partial charge in [0.15, 0.2) is 11.5 Å². The molecule has 0 aliphatic rings. The maximum Gasteiger partial charge on any atom is 0.266 e. The molecule has 2 heterocycles. The van der Waals surface area contributed by atoms with Crippen molar-refractivity contribution in [1.29, 1.82) is 0 Å². The number of rotatable bonds is 3. The van der Waals surface area contributed by atoms with Crippen LogP contribution in [0, 0.1) is 5.82 Å². The average molecular weight is 242 g/mol. The second-order valence-electron chi connectivity index (χ2n) is 4.07. The number of nitrogens with zero attached hydrogens (tertiary/aromatic N) is 2. The fourth-order valence-corrected chi connectivity index (χ4v) is 1.79. The highest BCUT2D eigenvalue weighted by atomic mass is 19.3. The van der Waals surface area contributed by atoms with Crippen LogP contribution in [0.3, 0.4) is 0 Å². The topological polar surface area (TPSA) is 17.3 Å². The monoisotopic (exact) mass is 242 g/mol. The lowest BCUT2D eigenvalue weighted by Crippen LogP contribution is -2.01. The Bertz CT molecular complexity index is 534. The minimum Gasteiger partial charge on any atom is -0.301 e. The van der Waals surface area contributed by atoms with Crippen LogP contribution in [0.1, 0.15) is 43.9 Å². The van der Waals surface area contributed by atoms with E-state index in [2.05, 4.69) is 4.98 Å². The van der Waals surface area contributed by atoms with E-state index in [9.17, 15) is 13.2 Å². The van der Waals surface area contributed by atoms with Crippen LogP contribution in [0.2, 0.25) is 0 Å². The molecule has 1 unspecified atom stereocenters. The van der Waals surface area contributed by atoms with E-state index in [1.54, 1.807) is 6.20 Å². The van der Waals surface area contributed by atoms with Crippen molar-refractivity contribution < 1.29 is 13.2 Å². The highest BCUT2D eigenvalue weighted by Crippen LogP contribution is 2.27. The molecule has 2 aromatic heterocycles. The third kappa shape index (κ3) is 1.90. The van der Waals surface area contributed by atoms with Gasteiger partial charge in [-0.1, -0.05) is 13.8 Å². The maximum atomic E-state index is 13.7. The highest BCUT2D eigenvalue weighted by Gasteiger charge is 2.19. The normalized spacial score (nSPS) is 13.5. The Morgan fingerprint density at radius 3 is 2.71 bits per heavy atom. The number of imidazole rings is 1. The van der Waals surface area contributed by atoms with Crippen molar-refractivity contribution >= 4 is 5.65 Å². The van der Waals surface area contributed by atoms with Gasteiger partial charge in [0.2, 0.25) is 0 Å². The summed E-state index contributed by atoms with van der Waals surface area (Å²) >= 11 is 0. The lowest BCUT2D eigenvalue weighted by Gasteiger charge is -2.09. The first-order valence-corrected chi connectivity index (χ1v) is 5.49. The molecule has 0 aromatic carbocycles. The van der Waals surface area contributed by atoms with Crippen LogP contribution < -0.4 is 0 Å².